The second-order valence-corrected chi connectivity index (χ2v) is 11.8. The van der Waals surface area contributed by atoms with E-state index in [2.05, 4.69) is 46.9 Å². The highest BCUT2D eigenvalue weighted by molar-refractivity contribution is 5.76. The highest BCUT2D eigenvalue weighted by Gasteiger charge is 2.34. The maximum absolute atomic E-state index is 11.3. The van der Waals surface area contributed by atoms with Crippen molar-refractivity contribution in [3.63, 3.8) is 0 Å². The summed E-state index contributed by atoms with van der Waals surface area (Å²) >= 11 is 0. The first kappa shape index (κ1) is 37.9. The lowest BCUT2D eigenvalue weighted by Crippen LogP contribution is -2.37. The van der Waals surface area contributed by atoms with Gasteiger partial charge in [0.1, 0.15) is 0 Å². The average Bonchev–Trinajstić information content (AvgIpc) is 2.64. The van der Waals surface area contributed by atoms with E-state index in [9.17, 15) is 9.90 Å². The van der Waals surface area contributed by atoms with E-state index in [1.54, 1.807) is 0 Å². The number of amides is 1. The van der Waals surface area contributed by atoms with Crippen molar-refractivity contribution in [2.45, 2.75) is 134 Å². The number of likely N-dealkylation sites (tertiary alicyclic amines) is 1. The summed E-state index contributed by atoms with van der Waals surface area (Å²) in [6.07, 6.45) is 11.7. The quantitative estimate of drug-likeness (QED) is 0.403. The van der Waals surface area contributed by atoms with Gasteiger partial charge in [-0.15, -0.1) is 0 Å². The van der Waals surface area contributed by atoms with Crippen LogP contribution in [-0.4, -0.2) is 48.2 Å². The van der Waals surface area contributed by atoms with Crippen LogP contribution in [0.15, 0.2) is 0 Å². The highest BCUT2D eigenvalue weighted by atomic mass is 16.3. The molecule has 4 nitrogen and oxygen atoms in total. The van der Waals surface area contributed by atoms with Crippen LogP contribution in [0.1, 0.15) is 128 Å². The summed E-state index contributed by atoms with van der Waals surface area (Å²) in [4.78, 5) is 13.2. The number of rotatable bonds is 6. The van der Waals surface area contributed by atoms with Gasteiger partial charge in [-0.2, -0.15) is 0 Å². The zero-order chi connectivity index (χ0) is 23.4. The molecule has 2 heterocycles. The topological polar surface area (TPSA) is 52.6 Å². The van der Waals surface area contributed by atoms with Gasteiger partial charge in [-0.05, 0) is 100 Å². The summed E-state index contributed by atoms with van der Waals surface area (Å²) in [7, 11) is 1.90. The normalized spacial score (nSPS) is 21.7. The van der Waals surface area contributed by atoms with E-state index in [-0.39, 0.29) is 27.9 Å². The monoisotopic (exact) mass is 487 g/mol. The second-order valence-electron chi connectivity index (χ2n) is 11.8. The maximum atomic E-state index is 11.3. The van der Waals surface area contributed by atoms with Gasteiger partial charge in [-0.3, -0.25) is 4.79 Å². The molecule has 1 unspecified atom stereocenters. The Bertz CT molecular complexity index is 480. The molecule has 208 valence electrons. The minimum absolute atomic E-state index is 0. The zero-order valence-corrected chi connectivity index (χ0v) is 21.9. The fraction of sp³-hybridized carbons (Fsp3) is 0.967. The highest BCUT2D eigenvalue weighted by Crippen LogP contribution is 2.36. The Morgan fingerprint density at radius 2 is 1.38 bits per heavy atom. The van der Waals surface area contributed by atoms with Crippen molar-refractivity contribution in [2.24, 2.45) is 29.6 Å². The van der Waals surface area contributed by atoms with E-state index in [0.717, 1.165) is 50.0 Å². The molecule has 3 rings (SSSR count). The molecule has 1 atom stereocenters. The fourth-order valence-corrected chi connectivity index (χ4v) is 5.21. The number of hydrogen-bond donors (Lipinski definition) is 2. The number of aliphatic hydroxyl groups is 1. The molecule has 34 heavy (non-hydrogen) atoms. The summed E-state index contributed by atoms with van der Waals surface area (Å²) in [6, 6.07) is 0. The summed E-state index contributed by atoms with van der Waals surface area (Å²) in [5.74, 6) is 4.26. The SMILES string of the molecule is C.C.C.CC(C)CC1(O)CCC1.CC(C)CC1CCN(C)C(=O)C1.CC(C)CC1CCNCC1. The molecule has 0 aromatic carbocycles. The molecule has 0 aromatic rings. The number of piperidine rings is 2. The van der Waals surface area contributed by atoms with Crippen LogP contribution < -0.4 is 5.32 Å². The minimum Gasteiger partial charge on any atom is -0.390 e. The Labute approximate surface area is 216 Å². The van der Waals surface area contributed by atoms with Crippen molar-refractivity contribution in [1.82, 2.24) is 10.2 Å². The Hall–Kier alpha value is -0.610. The lowest BCUT2D eigenvalue weighted by molar-refractivity contribution is -0.133. The molecule has 3 aliphatic rings. The summed E-state index contributed by atoms with van der Waals surface area (Å²) < 4.78 is 0. The molecular formula is C30H66N2O2. The number of carbonyl (C=O) groups is 1. The van der Waals surface area contributed by atoms with Gasteiger partial charge in [0.05, 0.1) is 5.60 Å². The van der Waals surface area contributed by atoms with Gasteiger partial charge in [-0.1, -0.05) is 63.8 Å². The lowest BCUT2D eigenvalue weighted by atomic mass is 9.75. The molecule has 2 N–H and O–H groups in total. The van der Waals surface area contributed by atoms with Gasteiger partial charge in [0.2, 0.25) is 5.91 Å². The number of nitrogens with zero attached hydrogens (tertiary/aromatic N) is 1. The van der Waals surface area contributed by atoms with Gasteiger partial charge < -0.3 is 15.3 Å². The fourth-order valence-electron chi connectivity index (χ4n) is 5.21. The van der Waals surface area contributed by atoms with E-state index >= 15 is 0 Å². The van der Waals surface area contributed by atoms with E-state index < -0.39 is 0 Å². The first-order valence-electron chi connectivity index (χ1n) is 13.2. The third-order valence-corrected chi connectivity index (χ3v) is 6.90. The second kappa shape index (κ2) is 19.6. The zero-order valence-electron chi connectivity index (χ0n) is 21.9. The summed E-state index contributed by atoms with van der Waals surface area (Å²) in [5.41, 5.74) is -0.256. The largest absolute Gasteiger partial charge is 0.390 e. The van der Waals surface area contributed by atoms with Crippen LogP contribution in [0.25, 0.3) is 0 Å². The summed E-state index contributed by atoms with van der Waals surface area (Å²) in [6.45, 7) is 16.9. The Morgan fingerprint density at radius 3 is 1.74 bits per heavy atom. The first-order valence-corrected chi connectivity index (χ1v) is 13.2. The number of carbonyl (C=O) groups excluding carboxylic acids is 1. The van der Waals surface area contributed by atoms with Gasteiger partial charge in [0.25, 0.3) is 0 Å². The third-order valence-electron chi connectivity index (χ3n) is 6.90. The van der Waals surface area contributed by atoms with Crippen LogP contribution in [0.3, 0.4) is 0 Å². The predicted molar refractivity (Wildman–Crippen MR) is 153 cm³/mol. The lowest BCUT2D eigenvalue weighted by Gasteiger charge is -2.37. The van der Waals surface area contributed by atoms with E-state index in [1.165, 1.54) is 51.6 Å². The molecule has 0 bridgehead atoms. The van der Waals surface area contributed by atoms with Crippen LogP contribution in [0.2, 0.25) is 0 Å². The standard InChI is InChI=1S/C10H19NO.C9H19N.C8H16O.3CH4/c1-8(2)6-9-4-5-11(3)10(12)7-9;1-8(2)7-9-3-5-10-6-4-9;1-7(2)6-8(9)4-3-5-8;;;/h8-9H,4-7H2,1-3H3;8-10H,3-7H2,1-2H3;7,9H,3-6H2,1-2H3;3*1H4. The molecule has 4 heteroatoms. The molecule has 0 spiro atoms. The Kier molecular flexibility index (Phi) is 21.8. The van der Waals surface area contributed by atoms with Crippen LogP contribution in [0.4, 0.5) is 0 Å². The van der Waals surface area contributed by atoms with Crippen molar-refractivity contribution in [3.8, 4) is 0 Å². The van der Waals surface area contributed by atoms with Crippen molar-refractivity contribution in [3.05, 3.63) is 0 Å². The first-order chi connectivity index (χ1) is 14.5. The van der Waals surface area contributed by atoms with Gasteiger partial charge in [0, 0.05) is 20.0 Å². The molecule has 1 amide bonds. The van der Waals surface area contributed by atoms with Gasteiger partial charge in [0.15, 0.2) is 0 Å². The van der Waals surface area contributed by atoms with E-state index in [4.69, 9.17) is 0 Å². The number of hydrogen-bond acceptors (Lipinski definition) is 3. The molecule has 2 aliphatic heterocycles. The summed E-state index contributed by atoms with van der Waals surface area (Å²) in [5, 5.41) is 13.0. The van der Waals surface area contributed by atoms with Gasteiger partial charge in [-0.25, -0.2) is 0 Å². The van der Waals surface area contributed by atoms with Crippen molar-refractivity contribution >= 4 is 5.91 Å². The Morgan fingerprint density at radius 1 is 0.882 bits per heavy atom. The molecule has 3 fully saturated rings. The third kappa shape index (κ3) is 16.9. The van der Waals surface area contributed by atoms with Crippen LogP contribution >= 0.6 is 0 Å². The van der Waals surface area contributed by atoms with Crippen molar-refractivity contribution in [2.75, 3.05) is 26.7 Å². The van der Waals surface area contributed by atoms with Crippen LogP contribution in [-0.2, 0) is 4.79 Å². The molecular weight excluding hydrogens is 420 g/mol. The maximum Gasteiger partial charge on any atom is 0.222 e. The average molecular weight is 487 g/mol. The van der Waals surface area contributed by atoms with Gasteiger partial charge >= 0.3 is 0 Å². The minimum atomic E-state index is -0.256. The van der Waals surface area contributed by atoms with Crippen molar-refractivity contribution < 1.29 is 9.90 Å². The molecule has 2 saturated heterocycles. The van der Waals surface area contributed by atoms with E-state index in [0.29, 0.717) is 17.7 Å². The Balaban J connectivity index is -0.000000410. The van der Waals surface area contributed by atoms with E-state index in [1.807, 2.05) is 11.9 Å². The molecule has 1 aliphatic carbocycles. The number of nitrogens with one attached hydrogen (secondary N) is 1. The molecule has 1 saturated carbocycles. The predicted octanol–water partition coefficient (Wildman–Crippen LogP) is 7.79. The van der Waals surface area contributed by atoms with Crippen molar-refractivity contribution in [1.29, 1.82) is 0 Å². The molecule has 0 radical (unpaired) electrons. The van der Waals surface area contributed by atoms with Crippen LogP contribution in [0.5, 0.6) is 0 Å². The van der Waals surface area contributed by atoms with Crippen LogP contribution in [0, 0.1) is 29.6 Å². The molecule has 0 aromatic heterocycles. The smallest absolute Gasteiger partial charge is 0.222 e.